The van der Waals surface area contributed by atoms with Crippen molar-refractivity contribution in [1.82, 2.24) is 4.98 Å². The van der Waals surface area contributed by atoms with E-state index in [9.17, 15) is 0 Å². The summed E-state index contributed by atoms with van der Waals surface area (Å²) in [7, 11) is 0. The summed E-state index contributed by atoms with van der Waals surface area (Å²) in [5.41, 5.74) is 11.8. The van der Waals surface area contributed by atoms with Gasteiger partial charge < -0.3 is 5.73 Å². The van der Waals surface area contributed by atoms with Crippen molar-refractivity contribution in [2.45, 2.75) is 38.6 Å². The predicted molar refractivity (Wildman–Crippen MR) is 82.6 cm³/mol. The molecule has 104 valence electrons. The molecule has 0 amide bonds. The lowest BCUT2D eigenvalue weighted by molar-refractivity contribution is 0.434. The van der Waals surface area contributed by atoms with Gasteiger partial charge in [-0.15, -0.1) is 0 Å². The quantitative estimate of drug-likeness (QED) is 0.924. The average Bonchev–Trinajstić information content (AvgIpc) is 2.92. The first-order valence-electron chi connectivity index (χ1n) is 7.52. The van der Waals surface area contributed by atoms with Crippen LogP contribution in [0.2, 0.25) is 0 Å². The van der Waals surface area contributed by atoms with Crippen molar-refractivity contribution < 1.29 is 0 Å². The summed E-state index contributed by atoms with van der Waals surface area (Å²) in [5.74, 6) is 0.556. The molecule has 2 heteroatoms. The van der Waals surface area contributed by atoms with Crippen LogP contribution in [0.5, 0.6) is 0 Å². The molecule has 0 saturated heterocycles. The van der Waals surface area contributed by atoms with Crippen molar-refractivity contribution in [3.8, 4) is 0 Å². The van der Waals surface area contributed by atoms with Crippen LogP contribution in [0.15, 0.2) is 42.6 Å². The van der Waals surface area contributed by atoms with E-state index in [2.05, 4.69) is 48.3 Å². The van der Waals surface area contributed by atoms with Gasteiger partial charge in [0.2, 0.25) is 0 Å². The molecule has 0 spiro atoms. The highest BCUT2D eigenvalue weighted by molar-refractivity contribution is 5.32. The Labute approximate surface area is 121 Å². The fourth-order valence-electron chi connectivity index (χ4n) is 3.09. The Bertz CT molecular complexity index is 549. The van der Waals surface area contributed by atoms with Gasteiger partial charge in [0.1, 0.15) is 0 Å². The summed E-state index contributed by atoms with van der Waals surface area (Å²) >= 11 is 0. The molecule has 2 nitrogen and oxygen atoms in total. The lowest BCUT2D eigenvalue weighted by atomic mass is 9.93. The standard InChI is InChI=1S/C18H22N2/c1-2-13-7-8-17(20-12-13)11-18(19)16-9-14-5-3-4-6-15(14)10-16/h3-8,12,16,18H,2,9-11,19H2,1H3. The Morgan fingerprint density at radius 3 is 2.40 bits per heavy atom. The first kappa shape index (κ1) is 13.3. The lowest BCUT2D eigenvalue weighted by Gasteiger charge is -2.18. The van der Waals surface area contributed by atoms with Crippen LogP contribution in [-0.2, 0) is 25.7 Å². The summed E-state index contributed by atoms with van der Waals surface area (Å²) in [6.45, 7) is 2.15. The zero-order valence-corrected chi connectivity index (χ0v) is 12.0. The van der Waals surface area contributed by atoms with Gasteiger partial charge in [-0.05, 0) is 47.9 Å². The molecule has 0 bridgehead atoms. The maximum absolute atomic E-state index is 6.42. The van der Waals surface area contributed by atoms with Crippen LogP contribution in [0.25, 0.3) is 0 Å². The van der Waals surface area contributed by atoms with Gasteiger partial charge in [0.15, 0.2) is 0 Å². The molecular weight excluding hydrogens is 244 g/mol. The zero-order valence-electron chi connectivity index (χ0n) is 12.0. The number of nitrogens with zero attached hydrogens (tertiary/aromatic N) is 1. The molecule has 0 aliphatic heterocycles. The summed E-state index contributed by atoms with van der Waals surface area (Å²) in [6.07, 6.45) is 6.13. The number of pyridine rings is 1. The van der Waals surface area contributed by atoms with Gasteiger partial charge in [0.05, 0.1) is 0 Å². The lowest BCUT2D eigenvalue weighted by Crippen LogP contribution is -2.33. The van der Waals surface area contributed by atoms with Crippen molar-refractivity contribution in [1.29, 1.82) is 0 Å². The predicted octanol–water partition coefficient (Wildman–Crippen LogP) is 2.93. The number of benzene rings is 1. The second-order valence-electron chi connectivity index (χ2n) is 5.82. The Morgan fingerprint density at radius 2 is 1.85 bits per heavy atom. The Hall–Kier alpha value is -1.67. The smallest absolute Gasteiger partial charge is 0.0419 e. The fraction of sp³-hybridized carbons (Fsp3) is 0.389. The maximum atomic E-state index is 6.42. The molecule has 2 N–H and O–H groups in total. The molecule has 0 fully saturated rings. The van der Waals surface area contributed by atoms with E-state index >= 15 is 0 Å². The molecule has 0 radical (unpaired) electrons. The number of aromatic nitrogens is 1. The van der Waals surface area contributed by atoms with E-state index in [4.69, 9.17) is 5.73 Å². The molecule has 20 heavy (non-hydrogen) atoms. The third-order valence-electron chi connectivity index (χ3n) is 4.43. The van der Waals surface area contributed by atoms with E-state index in [1.54, 1.807) is 0 Å². The molecular formula is C18H22N2. The van der Waals surface area contributed by atoms with Gasteiger partial charge in [-0.25, -0.2) is 0 Å². The van der Waals surface area contributed by atoms with Gasteiger partial charge in [-0.3, -0.25) is 4.98 Å². The molecule has 1 unspecified atom stereocenters. The second-order valence-corrected chi connectivity index (χ2v) is 5.82. The molecule has 1 aliphatic rings. The third-order valence-corrected chi connectivity index (χ3v) is 4.43. The monoisotopic (exact) mass is 266 g/mol. The largest absolute Gasteiger partial charge is 0.327 e. The van der Waals surface area contributed by atoms with Gasteiger partial charge in [0, 0.05) is 24.4 Å². The molecule has 1 atom stereocenters. The first-order valence-corrected chi connectivity index (χ1v) is 7.52. The van der Waals surface area contributed by atoms with Crippen LogP contribution in [-0.4, -0.2) is 11.0 Å². The molecule has 1 aliphatic carbocycles. The minimum Gasteiger partial charge on any atom is -0.327 e. The van der Waals surface area contributed by atoms with Crippen LogP contribution in [0.4, 0.5) is 0 Å². The van der Waals surface area contributed by atoms with Gasteiger partial charge in [-0.2, -0.15) is 0 Å². The number of nitrogens with two attached hydrogens (primary N) is 1. The van der Waals surface area contributed by atoms with E-state index in [0.717, 1.165) is 31.4 Å². The van der Waals surface area contributed by atoms with Crippen LogP contribution >= 0.6 is 0 Å². The molecule has 1 aromatic heterocycles. The van der Waals surface area contributed by atoms with Gasteiger partial charge >= 0.3 is 0 Å². The Morgan fingerprint density at radius 1 is 1.15 bits per heavy atom. The van der Waals surface area contributed by atoms with E-state index in [1.165, 1.54) is 16.7 Å². The summed E-state index contributed by atoms with van der Waals surface area (Å²) in [6, 6.07) is 13.2. The maximum Gasteiger partial charge on any atom is 0.0419 e. The van der Waals surface area contributed by atoms with Gasteiger partial charge in [0.25, 0.3) is 0 Å². The zero-order chi connectivity index (χ0) is 13.9. The van der Waals surface area contributed by atoms with E-state index in [-0.39, 0.29) is 6.04 Å². The minimum absolute atomic E-state index is 0.197. The Balaban J connectivity index is 1.64. The topological polar surface area (TPSA) is 38.9 Å². The molecule has 1 heterocycles. The van der Waals surface area contributed by atoms with E-state index in [1.807, 2.05) is 6.20 Å². The van der Waals surface area contributed by atoms with Crippen LogP contribution < -0.4 is 5.73 Å². The van der Waals surface area contributed by atoms with Crippen LogP contribution in [0.1, 0.15) is 29.3 Å². The van der Waals surface area contributed by atoms with Crippen LogP contribution in [0.3, 0.4) is 0 Å². The van der Waals surface area contributed by atoms with E-state index in [0.29, 0.717) is 5.92 Å². The molecule has 3 rings (SSSR count). The number of rotatable bonds is 4. The Kier molecular flexibility index (Phi) is 3.83. The summed E-state index contributed by atoms with van der Waals surface area (Å²) < 4.78 is 0. The van der Waals surface area contributed by atoms with Crippen molar-refractivity contribution in [3.63, 3.8) is 0 Å². The molecule has 0 saturated carbocycles. The van der Waals surface area contributed by atoms with Crippen molar-refractivity contribution in [2.24, 2.45) is 11.7 Å². The number of aryl methyl sites for hydroxylation is 1. The normalized spacial score (nSPS) is 16.1. The first-order chi connectivity index (χ1) is 9.76. The minimum atomic E-state index is 0.197. The van der Waals surface area contributed by atoms with E-state index < -0.39 is 0 Å². The highest BCUT2D eigenvalue weighted by Crippen LogP contribution is 2.28. The second kappa shape index (κ2) is 5.76. The molecule has 1 aromatic carbocycles. The SMILES string of the molecule is CCc1ccc(CC(N)C2Cc3ccccc3C2)nc1. The third kappa shape index (κ3) is 2.75. The van der Waals surface area contributed by atoms with Crippen LogP contribution in [0, 0.1) is 5.92 Å². The summed E-state index contributed by atoms with van der Waals surface area (Å²) in [4.78, 5) is 4.53. The number of hydrogen-bond donors (Lipinski definition) is 1. The number of hydrogen-bond acceptors (Lipinski definition) is 2. The van der Waals surface area contributed by atoms with Crippen molar-refractivity contribution in [2.75, 3.05) is 0 Å². The van der Waals surface area contributed by atoms with Crippen molar-refractivity contribution in [3.05, 3.63) is 65.0 Å². The molecule has 2 aromatic rings. The summed E-state index contributed by atoms with van der Waals surface area (Å²) in [5, 5.41) is 0. The fourth-order valence-corrected chi connectivity index (χ4v) is 3.09. The van der Waals surface area contributed by atoms with Crippen molar-refractivity contribution >= 4 is 0 Å². The highest BCUT2D eigenvalue weighted by Gasteiger charge is 2.26. The van der Waals surface area contributed by atoms with Gasteiger partial charge in [-0.1, -0.05) is 37.3 Å². The number of fused-ring (bicyclic) bond motifs is 1. The highest BCUT2D eigenvalue weighted by atomic mass is 14.7. The average molecular weight is 266 g/mol.